The van der Waals surface area contributed by atoms with E-state index >= 15 is 0 Å². The Labute approximate surface area is 302 Å². The van der Waals surface area contributed by atoms with Gasteiger partial charge in [0.1, 0.15) is 17.3 Å². The fourth-order valence-electron chi connectivity index (χ4n) is 6.66. The molecule has 0 N–H and O–H groups in total. The van der Waals surface area contributed by atoms with E-state index in [1.54, 1.807) is 0 Å². The highest BCUT2D eigenvalue weighted by molar-refractivity contribution is 6.09. The Morgan fingerprint density at radius 2 is 1.24 bits per heavy atom. The van der Waals surface area contributed by atoms with Crippen LogP contribution in [0.25, 0.3) is 32.5 Å². The Morgan fingerprint density at radius 1 is 0.608 bits per heavy atom. The van der Waals surface area contributed by atoms with Crippen molar-refractivity contribution in [3.05, 3.63) is 138 Å². The van der Waals surface area contributed by atoms with Gasteiger partial charge in [-0.2, -0.15) is 0 Å². The molecule has 0 radical (unpaired) electrons. The second-order valence-electron chi connectivity index (χ2n) is 16.7. The highest BCUT2D eigenvalue weighted by Crippen LogP contribution is 2.39. The van der Waals surface area contributed by atoms with Gasteiger partial charge in [0.25, 0.3) is 0 Å². The fourth-order valence-corrected chi connectivity index (χ4v) is 6.66. The van der Waals surface area contributed by atoms with Gasteiger partial charge in [-0.3, -0.25) is 4.57 Å². The molecule has 6 nitrogen and oxygen atoms in total. The Kier molecular flexibility index (Phi) is 8.22. The molecule has 1 aliphatic rings. The number of aromatic nitrogens is 2. The van der Waals surface area contributed by atoms with E-state index < -0.39 is 0 Å². The van der Waals surface area contributed by atoms with Crippen LogP contribution in [0.5, 0.6) is 11.5 Å². The maximum atomic E-state index is 7.89. The predicted molar refractivity (Wildman–Crippen MR) is 213 cm³/mol. The van der Waals surface area contributed by atoms with Crippen LogP contribution in [0.1, 0.15) is 79.0 Å². The molecular weight excluding hydrogens is 627 g/mol. The van der Waals surface area contributed by atoms with Gasteiger partial charge in [-0.1, -0.05) is 86.6 Å². The third-order valence-corrected chi connectivity index (χ3v) is 9.77. The monoisotopic (exact) mass is 673 g/mol. The summed E-state index contributed by atoms with van der Waals surface area (Å²) in [5.74, 6) is 2.18. The molecule has 4 aromatic carbocycles. The summed E-state index contributed by atoms with van der Waals surface area (Å²) in [7, 11) is 0. The first-order valence-electron chi connectivity index (χ1n) is 17.7. The van der Waals surface area contributed by atoms with E-state index in [0.717, 1.165) is 39.0 Å². The Hall–Kier alpha value is -5.54. The molecular formula is C45H47N5O. The van der Waals surface area contributed by atoms with Crippen molar-refractivity contribution in [3.8, 4) is 17.3 Å². The van der Waals surface area contributed by atoms with Crippen molar-refractivity contribution in [2.45, 2.75) is 78.6 Å². The molecule has 6 aromatic rings. The minimum Gasteiger partial charge on any atom is -0.459 e. The van der Waals surface area contributed by atoms with E-state index in [-0.39, 0.29) is 16.2 Å². The molecule has 0 saturated carbocycles. The predicted octanol–water partition coefficient (Wildman–Crippen LogP) is 12.2. The van der Waals surface area contributed by atoms with Crippen molar-refractivity contribution in [1.29, 1.82) is 0 Å². The maximum absolute atomic E-state index is 7.89. The largest absolute Gasteiger partial charge is 0.459 e. The number of pyridine rings is 1. The van der Waals surface area contributed by atoms with Crippen LogP contribution in [0.2, 0.25) is 0 Å². The lowest BCUT2D eigenvalue weighted by Gasteiger charge is -2.29. The number of fused-ring (bicyclic) bond motifs is 3. The number of anilines is 2. The molecule has 258 valence electrons. The van der Waals surface area contributed by atoms with E-state index in [1.165, 1.54) is 16.7 Å². The minimum absolute atomic E-state index is 0.0102. The second-order valence-corrected chi connectivity index (χ2v) is 16.7. The maximum Gasteiger partial charge on any atom is 0.192 e. The van der Waals surface area contributed by atoms with Crippen molar-refractivity contribution in [3.63, 3.8) is 0 Å². The van der Waals surface area contributed by atoms with Crippen LogP contribution in [-0.4, -0.2) is 16.2 Å². The van der Waals surface area contributed by atoms with E-state index in [0.29, 0.717) is 23.9 Å². The van der Waals surface area contributed by atoms with Crippen LogP contribution in [0, 0.1) is 6.57 Å². The minimum atomic E-state index is -0.0102. The molecule has 3 heterocycles. The molecule has 0 atom stereocenters. The van der Waals surface area contributed by atoms with Gasteiger partial charge in [0.2, 0.25) is 0 Å². The van der Waals surface area contributed by atoms with E-state index in [4.69, 9.17) is 16.3 Å². The molecule has 0 bridgehead atoms. The van der Waals surface area contributed by atoms with E-state index in [2.05, 4.69) is 161 Å². The molecule has 0 spiro atoms. The standard InChI is InChI=1S/C45H47N5O/c1-43(2,3)30-17-18-47-42(24-30)50-40-14-12-11-13-38(40)39-16-15-36(28-41(39)50)51-37-26-33(46-10)25-35(27-37)49-20-19-48(29-49)34-22-31(44(4,5)6)21-32(23-34)45(7,8)9/h11-28H,29H2,1-9H3. The fraction of sp³-hybridized carbons (Fsp3) is 0.289. The summed E-state index contributed by atoms with van der Waals surface area (Å²) in [6.45, 7) is 28.8. The summed E-state index contributed by atoms with van der Waals surface area (Å²) in [5, 5.41) is 2.29. The number of para-hydroxylation sites is 1. The van der Waals surface area contributed by atoms with E-state index in [1.807, 2.05) is 30.5 Å². The summed E-state index contributed by atoms with van der Waals surface area (Å²) >= 11 is 0. The van der Waals surface area contributed by atoms with Gasteiger partial charge in [-0.25, -0.2) is 9.83 Å². The number of hydrogen-bond acceptors (Lipinski definition) is 4. The Balaban J connectivity index is 1.22. The van der Waals surface area contributed by atoms with Crippen molar-refractivity contribution in [1.82, 2.24) is 9.55 Å². The molecule has 6 heteroatoms. The first-order valence-corrected chi connectivity index (χ1v) is 17.7. The summed E-state index contributed by atoms with van der Waals surface area (Å²) in [4.78, 5) is 13.1. The van der Waals surface area contributed by atoms with Crippen LogP contribution in [0.15, 0.2) is 110 Å². The van der Waals surface area contributed by atoms with E-state index in [9.17, 15) is 0 Å². The smallest absolute Gasteiger partial charge is 0.192 e. The van der Waals surface area contributed by atoms with Gasteiger partial charge >= 0.3 is 0 Å². The number of benzene rings is 4. The zero-order valence-corrected chi connectivity index (χ0v) is 31.2. The number of rotatable bonds is 5. The molecule has 51 heavy (non-hydrogen) atoms. The molecule has 0 aliphatic carbocycles. The lowest BCUT2D eigenvalue weighted by atomic mass is 9.80. The quantitative estimate of drug-likeness (QED) is 0.171. The molecule has 1 aliphatic heterocycles. The van der Waals surface area contributed by atoms with Gasteiger partial charge in [0, 0.05) is 52.9 Å². The topological polar surface area (TPSA) is 37.9 Å². The Bertz CT molecular complexity index is 2320. The molecule has 2 aromatic heterocycles. The summed E-state index contributed by atoms with van der Waals surface area (Å²) in [6.07, 6.45) is 6.10. The van der Waals surface area contributed by atoms with Crippen molar-refractivity contribution < 1.29 is 4.74 Å². The van der Waals surface area contributed by atoms with Crippen LogP contribution in [-0.2, 0) is 16.2 Å². The highest BCUT2D eigenvalue weighted by Gasteiger charge is 2.24. The van der Waals surface area contributed by atoms with Crippen LogP contribution in [0.3, 0.4) is 0 Å². The molecule has 0 unspecified atom stereocenters. The van der Waals surface area contributed by atoms with Gasteiger partial charge < -0.3 is 14.5 Å². The molecule has 0 amide bonds. The normalized spacial score (nSPS) is 13.7. The van der Waals surface area contributed by atoms with Gasteiger partial charge in [0.15, 0.2) is 5.69 Å². The SMILES string of the molecule is [C-]#[N+]c1cc(Oc2ccc3c4ccccc4n(-c4cc(C(C)(C)C)ccn4)c3c2)cc(N2C=CN(c3cc(C(C)(C)C)cc(C(C)(C)C)c3)C2)c1. The van der Waals surface area contributed by atoms with Crippen LogP contribution in [0.4, 0.5) is 17.1 Å². The molecule has 7 rings (SSSR count). The van der Waals surface area contributed by atoms with Crippen LogP contribution >= 0.6 is 0 Å². The molecule has 0 fully saturated rings. The lowest BCUT2D eigenvalue weighted by Crippen LogP contribution is -2.26. The summed E-state index contributed by atoms with van der Waals surface area (Å²) in [6, 6.07) is 31.6. The first kappa shape index (κ1) is 33.9. The Morgan fingerprint density at radius 3 is 1.88 bits per heavy atom. The van der Waals surface area contributed by atoms with Crippen molar-refractivity contribution >= 4 is 38.9 Å². The first-order chi connectivity index (χ1) is 24.1. The summed E-state index contributed by atoms with van der Waals surface area (Å²) in [5.41, 5.74) is 8.59. The highest BCUT2D eigenvalue weighted by atomic mass is 16.5. The van der Waals surface area contributed by atoms with Gasteiger partial charge in [0.05, 0.1) is 24.3 Å². The van der Waals surface area contributed by atoms with Gasteiger partial charge in [-0.15, -0.1) is 0 Å². The zero-order valence-electron chi connectivity index (χ0n) is 31.2. The van der Waals surface area contributed by atoms with Crippen molar-refractivity contribution in [2.24, 2.45) is 0 Å². The van der Waals surface area contributed by atoms with Crippen molar-refractivity contribution in [2.75, 3.05) is 16.5 Å². The summed E-state index contributed by atoms with van der Waals surface area (Å²) < 4.78 is 8.79. The lowest BCUT2D eigenvalue weighted by molar-refractivity contribution is 0.483. The zero-order chi connectivity index (χ0) is 36.3. The third-order valence-electron chi connectivity index (χ3n) is 9.77. The second kappa shape index (κ2) is 12.3. The number of hydrogen-bond donors (Lipinski definition) is 0. The average Bonchev–Trinajstić information content (AvgIpc) is 3.70. The number of ether oxygens (including phenoxy) is 1. The van der Waals surface area contributed by atoms with Crippen LogP contribution < -0.4 is 14.5 Å². The van der Waals surface area contributed by atoms with Gasteiger partial charge in [-0.05, 0) is 87.5 Å². The number of nitrogens with zero attached hydrogens (tertiary/aromatic N) is 5. The average molecular weight is 674 g/mol. The third kappa shape index (κ3) is 6.69. The molecule has 0 saturated heterocycles.